The summed E-state index contributed by atoms with van der Waals surface area (Å²) in [5, 5.41) is 5.52. The van der Waals surface area contributed by atoms with Gasteiger partial charge in [0.15, 0.2) is 0 Å². The van der Waals surface area contributed by atoms with E-state index in [4.69, 9.17) is 27.9 Å². The van der Waals surface area contributed by atoms with E-state index in [1.165, 1.54) is 0 Å². The van der Waals surface area contributed by atoms with Gasteiger partial charge in [0.1, 0.15) is 6.61 Å². The number of halogens is 3. The molecule has 0 aliphatic carbocycles. The molecule has 7 heteroatoms. The van der Waals surface area contributed by atoms with Gasteiger partial charge in [0.25, 0.3) is 0 Å². The van der Waals surface area contributed by atoms with E-state index in [1.54, 1.807) is 16.8 Å². The molecule has 0 bridgehead atoms. The SMILES string of the molecule is CCN(CC)CCOc1cc(C)n(-c2ccc(Cl)c(Cl)c2)n1.Cl. The number of benzene rings is 1. The van der Waals surface area contributed by atoms with Crippen LogP contribution in [0.4, 0.5) is 0 Å². The van der Waals surface area contributed by atoms with Crippen LogP contribution in [0.5, 0.6) is 5.88 Å². The summed E-state index contributed by atoms with van der Waals surface area (Å²) in [6.07, 6.45) is 0. The van der Waals surface area contributed by atoms with E-state index in [0.717, 1.165) is 31.0 Å². The highest BCUT2D eigenvalue weighted by Gasteiger charge is 2.09. The molecule has 0 spiro atoms. The number of likely N-dealkylation sites (N-methyl/N-ethyl adjacent to an activating group) is 1. The first-order chi connectivity index (χ1) is 10.5. The van der Waals surface area contributed by atoms with Gasteiger partial charge in [-0.3, -0.25) is 0 Å². The van der Waals surface area contributed by atoms with E-state index in [1.807, 2.05) is 19.1 Å². The number of ether oxygens (including phenoxy) is 1. The highest BCUT2D eigenvalue weighted by atomic mass is 35.5. The van der Waals surface area contributed by atoms with Crippen LogP contribution in [0.25, 0.3) is 5.69 Å². The van der Waals surface area contributed by atoms with Gasteiger partial charge in [-0.15, -0.1) is 17.5 Å². The first-order valence-electron chi connectivity index (χ1n) is 7.42. The molecule has 128 valence electrons. The third-order valence-corrected chi connectivity index (χ3v) is 4.30. The summed E-state index contributed by atoms with van der Waals surface area (Å²) in [5.41, 5.74) is 1.85. The van der Waals surface area contributed by atoms with Gasteiger partial charge in [-0.2, -0.15) is 0 Å². The number of hydrogen-bond acceptors (Lipinski definition) is 3. The van der Waals surface area contributed by atoms with Crippen molar-refractivity contribution in [3.63, 3.8) is 0 Å². The lowest BCUT2D eigenvalue weighted by molar-refractivity contribution is 0.217. The first kappa shape index (κ1) is 20.1. The Kier molecular flexibility index (Phi) is 8.20. The van der Waals surface area contributed by atoms with Crippen molar-refractivity contribution < 1.29 is 4.74 Å². The molecule has 0 saturated carbocycles. The minimum atomic E-state index is 0. The normalized spacial score (nSPS) is 10.7. The van der Waals surface area contributed by atoms with Gasteiger partial charge in [0.05, 0.1) is 15.7 Å². The second kappa shape index (κ2) is 9.38. The van der Waals surface area contributed by atoms with E-state index in [9.17, 15) is 0 Å². The van der Waals surface area contributed by atoms with Crippen LogP contribution < -0.4 is 4.74 Å². The fourth-order valence-corrected chi connectivity index (χ4v) is 2.51. The first-order valence-corrected chi connectivity index (χ1v) is 8.18. The molecule has 0 N–H and O–H groups in total. The van der Waals surface area contributed by atoms with Crippen molar-refractivity contribution in [3.8, 4) is 11.6 Å². The molecule has 0 aliphatic rings. The average molecular weight is 379 g/mol. The number of rotatable bonds is 7. The molecular weight excluding hydrogens is 357 g/mol. The average Bonchev–Trinajstić information content (AvgIpc) is 2.87. The predicted molar refractivity (Wildman–Crippen MR) is 98.9 cm³/mol. The molecule has 1 aromatic carbocycles. The number of nitrogens with zero attached hydrogens (tertiary/aromatic N) is 3. The Balaban J connectivity index is 0.00000264. The van der Waals surface area contributed by atoms with Gasteiger partial charge in [-0.05, 0) is 38.2 Å². The second-order valence-corrected chi connectivity index (χ2v) is 5.82. The summed E-state index contributed by atoms with van der Waals surface area (Å²) in [5.74, 6) is 0.621. The lowest BCUT2D eigenvalue weighted by Gasteiger charge is -2.17. The van der Waals surface area contributed by atoms with Crippen LogP contribution in [-0.4, -0.2) is 40.9 Å². The lowest BCUT2D eigenvalue weighted by Crippen LogP contribution is -2.27. The van der Waals surface area contributed by atoms with Crippen LogP contribution in [0.3, 0.4) is 0 Å². The summed E-state index contributed by atoms with van der Waals surface area (Å²) in [4.78, 5) is 2.31. The summed E-state index contributed by atoms with van der Waals surface area (Å²) >= 11 is 12.0. The summed E-state index contributed by atoms with van der Waals surface area (Å²) in [6, 6.07) is 7.36. The maximum absolute atomic E-state index is 6.06. The van der Waals surface area contributed by atoms with Crippen LogP contribution in [0.15, 0.2) is 24.3 Å². The van der Waals surface area contributed by atoms with E-state index in [0.29, 0.717) is 22.5 Å². The van der Waals surface area contributed by atoms with Crippen molar-refractivity contribution in [2.75, 3.05) is 26.2 Å². The Morgan fingerprint density at radius 1 is 1.13 bits per heavy atom. The Morgan fingerprint density at radius 3 is 2.43 bits per heavy atom. The smallest absolute Gasteiger partial charge is 0.233 e. The Morgan fingerprint density at radius 2 is 1.83 bits per heavy atom. The summed E-state index contributed by atoms with van der Waals surface area (Å²) < 4.78 is 7.54. The maximum Gasteiger partial charge on any atom is 0.233 e. The largest absolute Gasteiger partial charge is 0.475 e. The topological polar surface area (TPSA) is 30.3 Å². The van der Waals surface area contributed by atoms with Crippen LogP contribution in [0.2, 0.25) is 10.0 Å². The van der Waals surface area contributed by atoms with Gasteiger partial charge in [-0.25, -0.2) is 4.68 Å². The minimum absolute atomic E-state index is 0. The fourth-order valence-electron chi connectivity index (χ4n) is 2.21. The molecule has 2 aromatic rings. The molecule has 0 atom stereocenters. The quantitative estimate of drug-likeness (QED) is 0.703. The van der Waals surface area contributed by atoms with E-state index in [2.05, 4.69) is 23.8 Å². The van der Waals surface area contributed by atoms with Crippen LogP contribution in [0.1, 0.15) is 19.5 Å². The molecule has 1 aromatic heterocycles. The number of aromatic nitrogens is 2. The van der Waals surface area contributed by atoms with Gasteiger partial charge < -0.3 is 9.64 Å². The Labute approximate surface area is 153 Å². The van der Waals surface area contributed by atoms with Crippen molar-refractivity contribution in [2.45, 2.75) is 20.8 Å². The lowest BCUT2D eigenvalue weighted by atomic mass is 10.3. The summed E-state index contributed by atoms with van der Waals surface area (Å²) in [7, 11) is 0. The molecule has 1 heterocycles. The van der Waals surface area contributed by atoms with Crippen molar-refractivity contribution in [1.29, 1.82) is 0 Å². The number of aryl methyl sites for hydroxylation is 1. The molecule has 0 radical (unpaired) electrons. The highest BCUT2D eigenvalue weighted by molar-refractivity contribution is 6.42. The van der Waals surface area contributed by atoms with Gasteiger partial charge >= 0.3 is 0 Å². The summed E-state index contributed by atoms with van der Waals surface area (Å²) in [6.45, 7) is 9.84. The fraction of sp³-hybridized carbons (Fsp3) is 0.438. The molecule has 2 rings (SSSR count). The number of hydrogen-bond donors (Lipinski definition) is 0. The third-order valence-electron chi connectivity index (χ3n) is 3.56. The molecular formula is C16H22Cl3N3O. The van der Waals surface area contributed by atoms with Crippen molar-refractivity contribution in [2.24, 2.45) is 0 Å². The molecule has 0 amide bonds. The van der Waals surface area contributed by atoms with Gasteiger partial charge in [0, 0.05) is 18.3 Å². The van der Waals surface area contributed by atoms with E-state index in [-0.39, 0.29) is 12.4 Å². The van der Waals surface area contributed by atoms with E-state index < -0.39 is 0 Å². The van der Waals surface area contributed by atoms with Gasteiger partial charge in [0.2, 0.25) is 5.88 Å². The Hall–Kier alpha value is -0.940. The maximum atomic E-state index is 6.06. The molecule has 4 nitrogen and oxygen atoms in total. The van der Waals surface area contributed by atoms with Crippen molar-refractivity contribution in [3.05, 3.63) is 40.0 Å². The third kappa shape index (κ3) is 5.28. The van der Waals surface area contributed by atoms with Crippen molar-refractivity contribution >= 4 is 35.6 Å². The molecule has 0 fully saturated rings. The monoisotopic (exact) mass is 377 g/mol. The van der Waals surface area contributed by atoms with E-state index >= 15 is 0 Å². The highest BCUT2D eigenvalue weighted by Crippen LogP contribution is 2.25. The van der Waals surface area contributed by atoms with Gasteiger partial charge in [-0.1, -0.05) is 37.0 Å². The van der Waals surface area contributed by atoms with Crippen LogP contribution in [0, 0.1) is 6.92 Å². The minimum Gasteiger partial charge on any atom is -0.475 e. The zero-order valence-electron chi connectivity index (χ0n) is 13.6. The second-order valence-electron chi connectivity index (χ2n) is 5.01. The molecule has 0 aliphatic heterocycles. The zero-order valence-corrected chi connectivity index (χ0v) is 15.9. The molecule has 0 unspecified atom stereocenters. The van der Waals surface area contributed by atoms with Crippen molar-refractivity contribution in [1.82, 2.24) is 14.7 Å². The van der Waals surface area contributed by atoms with Crippen LogP contribution in [-0.2, 0) is 0 Å². The Bertz CT molecular complexity index is 627. The predicted octanol–water partition coefficient (Wildman–Crippen LogP) is 4.63. The van der Waals surface area contributed by atoms with Crippen LogP contribution >= 0.6 is 35.6 Å². The molecule has 23 heavy (non-hydrogen) atoms. The standard InChI is InChI=1S/C16H21Cl2N3O.ClH/c1-4-20(5-2)8-9-22-16-10-12(3)21(19-16)13-6-7-14(17)15(18)11-13;/h6-7,10-11H,4-5,8-9H2,1-3H3;1H. The zero-order chi connectivity index (χ0) is 16.1. The molecule has 0 saturated heterocycles.